The zero-order valence-electron chi connectivity index (χ0n) is 27.6. The summed E-state index contributed by atoms with van der Waals surface area (Å²) in [5.41, 5.74) is 1.40. The highest BCUT2D eigenvalue weighted by Crippen LogP contribution is 2.39. The van der Waals surface area contributed by atoms with Gasteiger partial charge >= 0.3 is 17.6 Å². The molecule has 0 saturated carbocycles. The Morgan fingerprint density at radius 1 is 0.745 bits per heavy atom. The maximum atomic E-state index is 13.7. The Balaban J connectivity index is 1.25. The van der Waals surface area contributed by atoms with Crippen LogP contribution in [-0.2, 0) is 16.0 Å². The molecule has 0 spiro atoms. The van der Waals surface area contributed by atoms with Gasteiger partial charge in [-0.15, -0.1) is 0 Å². The van der Waals surface area contributed by atoms with Crippen LogP contribution in [0.5, 0.6) is 0 Å². The highest BCUT2D eigenvalue weighted by Gasteiger charge is 2.35. The Labute approximate surface area is 290 Å². The zero-order valence-corrected chi connectivity index (χ0v) is 27.6. The number of pyridine rings is 1. The van der Waals surface area contributed by atoms with E-state index >= 15 is 0 Å². The molecule has 4 heterocycles. The number of benzene rings is 3. The van der Waals surface area contributed by atoms with E-state index in [1.54, 1.807) is 48.5 Å². The topological polar surface area (TPSA) is 166 Å². The normalized spacial score (nSPS) is 16.2. The minimum absolute atomic E-state index is 0.0210. The van der Waals surface area contributed by atoms with Crippen molar-refractivity contribution in [3.8, 4) is 0 Å². The van der Waals surface area contributed by atoms with Crippen LogP contribution in [0, 0.1) is 5.92 Å². The number of methoxy groups -OCH3 is 2. The lowest BCUT2D eigenvalue weighted by Crippen LogP contribution is -2.47. The number of amides is 2. The lowest BCUT2D eigenvalue weighted by molar-refractivity contribution is 0.0598. The average molecular weight is 689 g/mol. The second-order valence-electron chi connectivity index (χ2n) is 12.5. The van der Waals surface area contributed by atoms with Crippen LogP contribution in [0.2, 0.25) is 0 Å². The van der Waals surface area contributed by atoms with Crippen molar-refractivity contribution in [1.82, 2.24) is 4.57 Å². The van der Waals surface area contributed by atoms with Crippen molar-refractivity contribution in [3.63, 3.8) is 0 Å². The lowest BCUT2D eigenvalue weighted by atomic mass is 9.83. The van der Waals surface area contributed by atoms with Gasteiger partial charge in [0, 0.05) is 53.9 Å². The molecule has 7 rings (SSSR count). The highest BCUT2D eigenvalue weighted by atomic mass is 16.5. The Kier molecular flexibility index (Phi) is 8.69. The van der Waals surface area contributed by atoms with E-state index in [2.05, 4.69) is 15.5 Å². The van der Waals surface area contributed by atoms with Gasteiger partial charge in [0.1, 0.15) is 11.1 Å². The van der Waals surface area contributed by atoms with Gasteiger partial charge in [0.25, 0.3) is 17.4 Å². The minimum atomic E-state index is -0.817. The largest absolute Gasteiger partial charge is 0.465 e. The molecule has 258 valence electrons. The highest BCUT2D eigenvalue weighted by molar-refractivity contribution is 6.10. The summed E-state index contributed by atoms with van der Waals surface area (Å²) in [6.45, 7) is 1.68. The van der Waals surface area contributed by atoms with Crippen LogP contribution in [0.25, 0.3) is 11.0 Å². The lowest BCUT2D eigenvalue weighted by Gasteiger charge is -2.44. The summed E-state index contributed by atoms with van der Waals surface area (Å²) in [5.74, 6) is -2.57. The molecule has 0 aliphatic carbocycles. The van der Waals surface area contributed by atoms with E-state index in [1.165, 1.54) is 44.6 Å². The molecule has 0 unspecified atom stereocenters. The zero-order chi connectivity index (χ0) is 35.8. The molecule has 5 aromatic rings. The number of nitrogens with one attached hydrogen (secondary N) is 2. The van der Waals surface area contributed by atoms with Crippen molar-refractivity contribution in [2.45, 2.75) is 18.9 Å². The summed E-state index contributed by atoms with van der Waals surface area (Å²) in [7, 11) is 2.39. The van der Waals surface area contributed by atoms with Crippen molar-refractivity contribution in [2.24, 2.45) is 5.92 Å². The molecule has 2 amide bonds. The monoisotopic (exact) mass is 688 g/mol. The van der Waals surface area contributed by atoms with Crippen LogP contribution >= 0.6 is 0 Å². The summed E-state index contributed by atoms with van der Waals surface area (Å²) >= 11 is 0. The molecule has 2 atom stereocenters. The van der Waals surface area contributed by atoms with Gasteiger partial charge in [-0.25, -0.2) is 14.4 Å². The fraction of sp³-hybridized carbons (Fsp3) is 0.211. The van der Waals surface area contributed by atoms with Crippen LogP contribution < -0.4 is 26.7 Å². The van der Waals surface area contributed by atoms with Crippen LogP contribution in [0.3, 0.4) is 0 Å². The van der Waals surface area contributed by atoms with E-state index in [0.29, 0.717) is 36.3 Å². The van der Waals surface area contributed by atoms with Gasteiger partial charge in [-0.3, -0.25) is 14.4 Å². The molecule has 2 bridgehead atoms. The summed E-state index contributed by atoms with van der Waals surface area (Å²) in [6.07, 6.45) is 0.901. The van der Waals surface area contributed by atoms with E-state index in [1.807, 2.05) is 10.6 Å². The molecular weight excluding hydrogens is 656 g/mol. The third-order valence-electron chi connectivity index (χ3n) is 9.25. The SMILES string of the molecule is COC(=O)c1cc(NC(=O)c2ccc(N3C[C@H]4C[C@@H](C3)c3cccc(=O)n3C4)c(NC(=O)c3cc4ccccc4oc3=O)c2)cc(C(=O)OC)c1. The van der Waals surface area contributed by atoms with Crippen molar-refractivity contribution in [3.05, 3.63) is 134 Å². The summed E-state index contributed by atoms with van der Waals surface area (Å²) in [6, 6.07) is 22.4. The van der Waals surface area contributed by atoms with Crippen molar-refractivity contribution < 1.29 is 33.1 Å². The Hall–Kier alpha value is -6.50. The van der Waals surface area contributed by atoms with Gasteiger partial charge in [-0.05, 0) is 66.9 Å². The summed E-state index contributed by atoms with van der Waals surface area (Å²) in [5, 5.41) is 6.12. The van der Waals surface area contributed by atoms with Gasteiger partial charge in [0.2, 0.25) is 0 Å². The number of nitrogens with zero attached hydrogens (tertiary/aromatic N) is 2. The van der Waals surface area contributed by atoms with Crippen molar-refractivity contribution in [1.29, 1.82) is 0 Å². The molecule has 2 N–H and O–H groups in total. The molecule has 2 aliphatic heterocycles. The van der Waals surface area contributed by atoms with E-state index in [9.17, 15) is 28.8 Å². The fourth-order valence-corrected chi connectivity index (χ4v) is 6.93. The third-order valence-corrected chi connectivity index (χ3v) is 9.25. The molecule has 2 aliphatic rings. The number of hydrogen-bond donors (Lipinski definition) is 2. The first-order valence-electron chi connectivity index (χ1n) is 16.2. The standard InChI is InChI=1S/C38H32N4O9/c1-49-36(46)24-13-25(37(47)50-2)15-27(14-24)39-34(44)23-10-11-31(41-18-21-12-26(20-41)30-7-5-9-33(43)42(30)19-21)29(17-23)40-35(45)28-16-22-6-3-4-8-32(22)51-38(28)48/h3-11,13-17,21,26H,12,18-20H2,1-2H3,(H,39,44)(H,40,45)/t21-,26+/m1/s1. The number of piperidine rings is 1. The molecule has 13 nitrogen and oxygen atoms in total. The van der Waals surface area contributed by atoms with Gasteiger partial charge in [0.15, 0.2) is 0 Å². The summed E-state index contributed by atoms with van der Waals surface area (Å²) < 4.78 is 16.8. The first-order chi connectivity index (χ1) is 24.6. The Bertz CT molecular complexity index is 2330. The number of para-hydroxylation sites is 1. The molecule has 0 radical (unpaired) electrons. The number of carbonyl (C=O) groups is 4. The van der Waals surface area contributed by atoms with Crippen LogP contribution in [0.4, 0.5) is 17.1 Å². The number of rotatable bonds is 7. The van der Waals surface area contributed by atoms with E-state index < -0.39 is 29.4 Å². The first-order valence-corrected chi connectivity index (χ1v) is 16.2. The molecule has 1 saturated heterocycles. The molecule has 13 heteroatoms. The maximum Gasteiger partial charge on any atom is 0.349 e. The molecule has 2 aromatic heterocycles. The first kappa shape index (κ1) is 33.0. The second-order valence-corrected chi connectivity index (χ2v) is 12.5. The van der Waals surface area contributed by atoms with Crippen LogP contribution in [-0.4, -0.2) is 55.6 Å². The van der Waals surface area contributed by atoms with E-state index in [0.717, 1.165) is 12.1 Å². The minimum Gasteiger partial charge on any atom is -0.465 e. The molecule has 3 aromatic carbocycles. The molecule has 1 fully saturated rings. The molecular formula is C38H32N4O9. The predicted molar refractivity (Wildman–Crippen MR) is 188 cm³/mol. The number of aromatic nitrogens is 1. The summed E-state index contributed by atoms with van der Waals surface area (Å²) in [4.78, 5) is 79.7. The van der Waals surface area contributed by atoms with Crippen molar-refractivity contribution in [2.75, 3.05) is 42.8 Å². The number of anilines is 3. The fourth-order valence-electron chi connectivity index (χ4n) is 6.93. The number of hydrogen-bond acceptors (Lipinski definition) is 10. The van der Waals surface area contributed by atoms with Crippen LogP contribution in [0.15, 0.2) is 98.9 Å². The number of carbonyl (C=O) groups excluding carboxylic acids is 4. The van der Waals surface area contributed by atoms with Gasteiger partial charge < -0.3 is 34.0 Å². The predicted octanol–water partition coefficient (Wildman–Crippen LogP) is 4.66. The number of ether oxygens (including phenoxy) is 2. The van der Waals surface area contributed by atoms with Gasteiger partial charge in [0.05, 0.1) is 36.7 Å². The maximum absolute atomic E-state index is 13.7. The smallest absolute Gasteiger partial charge is 0.349 e. The average Bonchev–Trinajstić information content (AvgIpc) is 3.14. The Morgan fingerprint density at radius 2 is 1.49 bits per heavy atom. The quantitative estimate of drug-likeness (QED) is 0.182. The number of fused-ring (bicyclic) bond motifs is 5. The second kappa shape index (κ2) is 13.4. The number of esters is 2. The van der Waals surface area contributed by atoms with Gasteiger partial charge in [-0.1, -0.05) is 24.3 Å². The Morgan fingerprint density at radius 3 is 2.24 bits per heavy atom. The van der Waals surface area contributed by atoms with Crippen molar-refractivity contribution >= 4 is 51.8 Å². The van der Waals surface area contributed by atoms with Gasteiger partial charge in [-0.2, -0.15) is 0 Å². The van der Waals surface area contributed by atoms with Crippen LogP contribution in [0.1, 0.15) is 59.5 Å². The molecule has 51 heavy (non-hydrogen) atoms. The van der Waals surface area contributed by atoms with E-state index in [4.69, 9.17) is 13.9 Å². The third kappa shape index (κ3) is 6.48. The van der Waals surface area contributed by atoms with E-state index in [-0.39, 0.29) is 51.0 Å².